The summed E-state index contributed by atoms with van der Waals surface area (Å²) in [4.78, 5) is 23.1. The molecule has 1 rings (SSSR count). The van der Waals surface area contributed by atoms with Gasteiger partial charge >= 0.3 is 5.97 Å². The van der Waals surface area contributed by atoms with Crippen LogP contribution in [0.25, 0.3) is 0 Å². The van der Waals surface area contributed by atoms with Crippen LogP contribution in [0.15, 0.2) is 12.1 Å². The second kappa shape index (κ2) is 9.74. The Balaban J connectivity index is 0.00000441. The highest BCUT2D eigenvalue weighted by Gasteiger charge is 2.23. The number of hydrogen-bond donors (Lipinski definition) is 3. The Morgan fingerprint density at radius 3 is 2.59 bits per heavy atom. The molecule has 0 heterocycles. The molecular weight excluding hydrogens is 355 g/mol. The number of aromatic hydroxyl groups is 1. The zero-order valence-corrected chi connectivity index (χ0v) is 14.1. The summed E-state index contributed by atoms with van der Waals surface area (Å²) in [5.41, 5.74) is 5.47. The zero-order chi connectivity index (χ0) is 16.0. The smallest absolute Gasteiger partial charge is 0.308 e. The number of carbonyl (C=O) groups is 2. The van der Waals surface area contributed by atoms with Crippen molar-refractivity contribution in [1.82, 2.24) is 5.32 Å². The van der Waals surface area contributed by atoms with Crippen LogP contribution in [0.1, 0.15) is 24.9 Å². The normalized spacial score (nSPS) is 11.3. The van der Waals surface area contributed by atoms with Crippen molar-refractivity contribution >= 4 is 47.5 Å². The molecule has 0 saturated heterocycles. The van der Waals surface area contributed by atoms with Crippen LogP contribution < -0.4 is 11.1 Å². The van der Waals surface area contributed by atoms with Crippen LogP contribution in [0.2, 0.25) is 10.0 Å². The molecule has 9 heteroatoms. The van der Waals surface area contributed by atoms with E-state index in [0.717, 1.165) is 0 Å². The Bertz CT molecular complexity index is 540. The minimum absolute atomic E-state index is 0. The zero-order valence-electron chi connectivity index (χ0n) is 11.8. The van der Waals surface area contributed by atoms with E-state index in [1.54, 1.807) is 6.92 Å². The standard InChI is InChI=1S/C13H16Cl2N2O4.ClH/c1-2-21-12(19)5-10(17-11(18)6-16)8-3-7(14)4-9(15)13(8)20;/h3-4,10,20H,2,5-6,16H2,1H3,(H,17,18);1H. The molecule has 1 aromatic carbocycles. The second-order valence-electron chi connectivity index (χ2n) is 4.16. The highest BCUT2D eigenvalue weighted by Crippen LogP contribution is 2.36. The number of nitrogens with one attached hydrogen (secondary N) is 1. The van der Waals surface area contributed by atoms with Crippen molar-refractivity contribution in [3.63, 3.8) is 0 Å². The van der Waals surface area contributed by atoms with Crippen molar-refractivity contribution in [3.05, 3.63) is 27.7 Å². The molecular formula is C13H17Cl3N2O4. The molecule has 6 nitrogen and oxygen atoms in total. The summed E-state index contributed by atoms with van der Waals surface area (Å²) in [5.74, 6) is -1.28. The van der Waals surface area contributed by atoms with Crippen molar-refractivity contribution in [2.24, 2.45) is 5.73 Å². The van der Waals surface area contributed by atoms with E-state index < -0.39 is 17.9 Å². The fraction of sp³-hybridized carbons (Fsp3) is 0.385. The Labute approximate surface area is 144 Å². The Hall–Kier alpha value is -1.21. The van der Waals surface area contributed by atoms with E-state index in [9.17, 15) is 14.7 Å². The molecule has 0 aliphatic carbocycles. The number of nitrogens with two attached hydrogens (primary N) is 1. The average molecular weight is 372 g/mol. The average Bonchev–Trinajstić information content (AvgIpc) is 2.42. The third-order valence-corrected chi connectivity index (χ3v) is 3.14. The van der Waals surface area contributed by atoms with Crippen molar-refractivity contribution in [2.45, 2.75) is 19.4 Å². The third kappa shape index (κ3) is 5.88. The van der Waals surface area contributed by atoms with Crippen LogP contribution in [0.5, 0.6) is 5.75 Å². The Kier molecular flexibility index (Phi) is 9.20. The lowest BCUT2D eigenvalue weighted by atomic mass is 10.0. The molecule has 0 aromatic heterocycles. The van der Waals surface area contributed by atoms with Gasteiger partial charge in [0.05, 0.1) is 30.6 Å². The van der Waals surface area contributed by atoms with Gasteiger partial charge in [-0.3, -0.25) is 9.59 Å². The predicted octanol–water partition coefficient (Wildman–Crippen LogP) is 2.19. The van der Waals surface area contributed by atoms with Crippen LogP contribution in [0, 0.1) is 0 Å². The van der Waals surface area contributed by atoms with Gasteiger partial charge in [0.25, 0.3) is 0 Å². The molecule has 0 saturated carbocycles. The summed E-state index contributed by atoms with van der Waals surface area (Å²) < 4.78 is 4.84. The quantitative estimate of drug-likeness (QED) is 0.665. The predicted molar refractivity (Wildman–Crippen MR) is 86.6 cm³/mol. The van der Waals surface area contributed by atoms with Gasteiger partial charge in [-0.25, -0.2) is 0 Å². The molecule has 0 aliphatic rings. The fourth-order valence-electron chi connectivity index (χ4n) is 1.73. The molecule has 1 amide bonds. The van der Waals surface area contributed by atoms with Crippen molar-refractivity contribution in [2.75, 3.05) is 13.2 Å². The number of esters is 1. The van der Waals surface area contributed by atoms with E-state index in [2.05, 4.69) is 5.32 Å². The molecule has 0 fully saturated rings. The molecule has 22 heavy (non-hydrogen) atoms. The van der Waals surface area contributed by atoms with Crippen LogP contribution in [0.4, 0.5) is 0 Å². The van der Waals surface area contributed by atoms with Gasteiger partial charge < -0.3 is 20.9 Å². The van der Waals surface area contributed by atoms with E-state index in [4.69, 9.17) is 33.7 Å². The number of benzene rings is 1. The second-order valence-corrected chi connectivity index (χ2v) is 5.00. The maximum Gasteiger partial charge on any atom is 0.308 e. The van der Waals surface area contributed by atoms with Crippen LogP contribution in [-0.4, -0.2) is 30.1 Å². The minimum atomic E-state index is -0.837. The number of phenols is 1. The van der Waals surface area contributed by atoms with Gasteiger partial charge in [-0.05, 0) is 19.1 Å². The first-order valence-electron chi connectivity index (χ1n) is 6.22. The van der Waals surface area contributed by atoms with E-state index in [0.29, 0.717) is 0 Å². The maximum absolute atomic E-state index is 11.6. The highest BCUT2D eigenvalue weighted by molar-refractivity contribution is 6.35. The van der Waals surface area contributed by atoms with Gasteiger partial charge in [0.1, 0.15) is 5.75 Å². The lowest BCUT2D eigenvalue weighted by Gasteiger charge is -2.20. The van der Waals surface area contributed by atoms with E-state index in [1.165, 1.54) is 12.1 Å². The van der Waals surface area contributed by atoms with Gasteiger partial charge in [-0.1, -0.05) is 23.2 Å². The number of hydrogen-bond acceptors (Lipinski definition) is 5. The summed E-state index contributed by atoms with van der Waals surface area (Å²) in [6, 6.07) is 1.94. The largest absolute Gasteiger partial charge is 0.506 e. The summed E-state index contributed by atoms with van der Waals surface area (Å²) in [6.45, 7) is 1.62. The number of amides is 1. The molecule has 4 N–H and O–H groups in total. The Morgan fingerprint density at radius 1 is 1.41 bits per heavy atom. The van der Waals surface area contributed by atoms with Gasteiger partial charge in [-0.2, -0.15) is 0 Å². The number of carbonyl (C=O) groups excluding carboxylic acids is 2. The van der Waals surface area contributed by atoms with Gasteiger partial charge in [-0.15, -0.1) is 12.4 Å². The number of phenolic OH excluding ortho intramolecular Hbond substituents is 1. The molecule has 1 atom stereocenters. The van der Waals surface area contributed by atoms with Gasteiger partial charge in [0.15, 0.2) is 0 Å². The topological polar surface area (TPSA) is 102 Å². The molecule has 0 radical (unpaired) electrons. The number of ether oxygens (including phenoxy) is 1. The van der Waals surface area contributed by atoms with Gasteiger partial charge in [0, 0.05) is 10.6 Å². The Morgan fingerprint density at radius 2 is 2.05 bits per heavy atom. The third-order valence-electron chi connectivity index (χ3n) is 2.63. The fourth-order valence-corrected chi connectivity index (χ4v) is 2.24. The molecule has 0 bridgehead atoms. The summed E-state index contributed by atoms with van der Waals surface area (Å²) >= 11 is 11.7. The van der Waals surface area contributed by atoms with Crippen LogP contribution >= 0.6 is 35.6 Å². The summed E-state index contributed by atoms with van der Waals surface area (Å²) in [7, 11) is 0. The SMILES string of the molecule is CCOC(=O)CC(NC(=O)CN)c1cc(Cl)cc(Cl)c1O.Cl. The monoisotopic (exact) mass is 370 g/mol. The summed E-state index contributed by atoms with van der Waals surface area (Å²) in [6.07, 6.45) is -0.177. The highest BCUT2D eigenvalue weighted by atomic mass is 35.5. The van der Waals surface area contributed by atoms with Crippen molar-refractivity contribution in [1.29, 1.82) is 0 Å². The number of rotatable bonds is 6. The minimum Gasteiger partial charge on any atom is -0.506 e. The van der Waals surface area contributed by atoms with E-state index in [-0.39, 0.29) is 53.3 Å². The first kappa shape index (κ1) is 20.8. The van der Waals surface area contributed by atoms with E-state index in [1.807, 2.05) is 0 Å². The van der Waals surface area contributed by atoms with Crippen LogP contribution in [0.3, 0.4) is 0 Å². The van der Waals surface area contributed by atoms with Crippen molar-refractivity contribution < 1.29 is 19.4 Å². The van der Waals surface area contributed by atoms with Crippen molar-refractivity contribution in [3.8, 4) is 5.75 Å². The first-order chi connectivity index (χ1) is 9.88. The lowest BCUT2D eigenvalue weighted by molar-refractivity contribution is -0.143. The summed E-state index contributed by atoms with van der Waals surface area (Å²) in [5, 5.41) is 12.8. The molecule has 1 unspecified atom stereocenters. The molecule has 0 spiro atoms. The first-order valence-corrected chi connectivity index (χ1v) is 6.97. The maximum atomic E-state index is 11.6. The van der Waals surface area contributed by atoms with Gasteiger partial charge in [0.2, 0.25) is 5.91 Å². The molecule has 0 aliphatic heterocycles. The molecule has 124 valence electrons. The number of halogens is 3. The molecule has 1 aromatic rings. The van der Waals surface area contributed by atoms with E-state index >= 15 is 0 Å². The lowest BCUT2D eigenvalue weighted by Crippen LogP contribution is -2.35. The van der Waals surface area contributed by atoms with Crippen LogP contribution in [-0.2, 0) is 14.3 Å².